The van der Waals surface area contributed by atoms with Gasteiger partial charge in [0.05, 0.1) is 5.69 Å². The fraction of sp³-hybridized carbons (Fsp3) is 0.176. The zero-order valence-electron chi connectivity index (χ0n) is 12.0. The number of fused-ring (bicyclic) bond motifs is 1. The van der Waals surface area contributed by atoms with Crippen molar-refractivity contribution in [2.45, 2.75) is 6.42 Å². The van der Waals surface area contributed by atoms with Gasteiger partial charge in [0, 0.05) is 47.6 Å². The maximum atomic E-state index is 11.9. The van der Waals surface area contributed by atoms with Crippen LogP contribution in [0.3, 0.4) is 0 Å². The number of aromatic amines is 1. The third kappa shape index (κ3) is 2.84. The molecule has 2 aromatic heterocycles. The molecular formula is C17H17N3O2. The van der Waals surface area contributed by atoms with E-state index in [-0.39, 0.29) is 12.5 Å². The normalized spacial score (nSPS) is 10.8. The molecule has 0 aliphatic carbocycles. The molecule has 0 aliphatic rings. The fourth-order valence-corrected chi connectivity index (χ4v) is 2.38. The highest BCUT2D eigenvalue weighted by molar-refractivity contribution is 5.96. The molecular weight excluding hydrogens is 278 g/mol. The Kier molecular flexibility index (Phi) is 4.16. The van der Waals surface area contributed by atoms with Crippen molar-refractivity contribution in [2.75, 3.05) is 13.2 Å². The van der Waals surface area contributed by atoms with Gasteiger partial charge in [-0.2, -0.15) is 0 Å². The first kappa shape index (κ1) is 14.3. The number of aliphatic hydroxyl groups is 1. The Morgan fingerprint density at radius 2 is 2.00 bits per heavy atom. The van der Waals surface area contributed by atoms with E-state index in [1.165, 1.54) is 0 Å². The van der Waals surface area contributed by atoms with E-state index in [2.05, 4.69) is 15.3 Å². The maximum Gasteiger partial charge on any atom is 0.251 e. The largest absolute Gasteiger partial charge is 0.396 e. The van der Waals surface area contributed by atoms with Gasteiger partial charge in [-0.25, -0.2) is 0 Å². The second-order valence-corrected chi connectivity index (χ2v) is 5.01. The summed E-state index contributed by atoms with van der Waals surface area (Å²) in [4.78, 5) is 19.5. The van der Waals surface area contributed by atoms with E-state index < -0.39 is 0 Å². The first-order valence-corrected chi connectivity index (χ1v) is 7.21. The first-order chi connectivity index (χ1) is 10.8. The minimum atomic E-state index is -0.132. The van der Waals surface area contributed by atoms with E-state index in [9.17, 15) is 4.79 Å². The smallest absolute Gasteiger partial charge is 0.251 e. The number of H-pyrrole nitrogens is 1. The number of aromatic nitrogens is 2. The van der Waals surface area contributed by atoms with E-state index in [0.29, 0.717) is 18.5 Å². The molecule has 0 fully saturated rings. The SMILES string of the molecule is O=C(NCCCO)c1ccc(-c2nccc3[nH]ccc23)cc1. The van der Waals surface area contributed by atoms with Gasteiger partial charge in [-0.3, -0.25) is 9.78 Å². The minimum absolute atomic E-state index is 0.0750. The van der Waals surface area contributed by atoms with Crippen LogP contribution in [0.15, 0.2) is 48.8 Å². The molecule has 0 saturated heterocycles. The molecule has 3 aromatic rings. The van der Waals surface area contributed by atoms with Crippen molar-refractivity contribution in [3.05, 3.63) is 54.4 Å². The minimum Gasteiger partial charge on any atom is -0.396 e. The summed E-state index contributed by atoms with van der Waals surface area (Å²) in [7, 11) is 0. The van der Waals surface area contributed by atoms with Crippen molar-refractivity contribution in [1.29, 1.82) is 0 Å². The van der Waals surface area contributed by atoms with Crippen LogP contribution in [0.5, 0.6) is 0 Å². The summed E-state index contributed by atoms with van der Waals surface area (Å²) in [5.41, 5.74) is 3.50. The molecule has 1 aromatic carbocycles. The number of carbonyl (C=O) groups excluding carboxylic acids is 1. The highest BCUT2D eigenvalue weighted by atomic mass is 16.3. The van der Waals surface area contributed by atoms with Gasteiger partial charge in [0.25, 0.3) is 5.91 Å². The lowest BCUT2D eigenvalue weighted by atomic mass is 10.1. The molecule has 2 heterocycles. The van der Waals surface area contributed by atoms with Gasteiger partial charge >= 0.3 is 0 Å². The number of nitrogens with one attached hydrogen (secondary N) is 2. The van der Waals surface area contributed by atoms with Crippen molar-refractivity contribution in [1.82, 2.24) is 15.3 Å². The third-order valence-electron chi connectivity index (χ3n) is 3.52. The summed E-state index contributed by atoms with van der Waals surface area (Å²) in [6.45, 7) is 0.548. The predicted octanol–water partition coefficient (Wildman–Crippen LogP) is 2.34. The van der Waals surface area contributed by atoms with E-state index in [0.717, 1.165) is 22.2 Å². The second kappa shape index (κ2) is 6.41. The highest BCUT2D eigenvalue weighted by Gasteiger charge is 2.08. The van der Waals surface area contributed by atoms with Gasteiger partial charge in [-0.05, 0) is 30.7 Å². The van der Waals surface area contributed by atoms with Crippen LogP contribution in [-0.4, -0.2) is 34.1 Å². The fourth-order valence-electron chi connectivity index (χ4n) is 2.38. The van der Waals surface area contributed by atoms with Gasteiger partial charge < -0.3 is 15.4 Å². The number of pyridine rings is 1. The van der Waals surface area contributed by atoms with E-state index in [1.807, 2.05) is 30.5 Å². The molecule has 5 heteroatoms. The lowest BCUT2D eigenvalue weighted by Gasteiger charge is -2.06. The van der Waals surface area contributed by atoms with Crippen LogP contribution in [0, 0.1) is 0 Å². The van der Waals surface area contributed by atoms with Gasteiger partial charge in [-0.1, -0.05) is 12.1 Å². The monoisotopic (exact) mass is 295 g/mol. The molecule has 0 radical (unpaired) electrons. The molecule has 0 unspecified atom stereocenters. The molecule has 0 saturated carbocycles. The van der Waals surface area contributed by atoms with Gasteiger partial charge in [-0.15, -0.1) is 0 Å². The van der Waals surface area contributed by atoms with Crippen molar-refractivity contribution >= 4 is 16.8 Å². The standard InChI is InChI=1S/C17H17N3O2/c21-11-1-8-20-17(22)13-4-2-12(3-5-13)16-14-6-9-18-15(14)7-10-19-16/h2-7,9-10,18,21H,1,8,11H2,(H,20,22). The third-order valence-corrected chi connectivity index (χ3v) is 3.52. The Morgan fingerprint density at radius 3 is 2.77 bits per heavy atom. The molecule has 3 N–H and O–H groups in total. The van der Waals surface area contributed by atoms with Crippen LogP contribution in [-0.2, 0) is 0 Å². The molecule has 0 spiro atoms. The number of rotatable bonds is 5. The van der Waals surface area contributed by atoms with Gasteiger partial charge in [0.15, 0.2) is 0 Å². The quantitative estimate of drug-likeness (QED) is 0.632. The average Bonchev–Trinajstić information content (AvgIpc) is 3.04. The molecule has 5 nitrogen and oxygen atoms in total. The summed E-state index contributed by atoms with van der Waals surface area (Å²) in [5, 5.41) is 12.5. The topological polar surface area (TPSA) is 78.0 Å². The summed E-state index contributed by atoms with van der Waals surface area (Å²) in [5.74, 6) is -0.132. The molecule has 0 bridgehead atoms. The van der Waals surface area contributed by atoms with E-state index in [4.69, 9.17) is 5.11 Å². The lowest BCUT2D eigenvalue weighted by molar-refractivity contribution is 0.0951. The molecule has 0 atom stereocenters. The molecule has 0 aliphatic heterocycles. The van der Waals surface area contributed by atoms with Gasteiger partial charge in [0.2, 0.25) is 0 Å². The summed E-state index contributed by atoms with van der Waals surface area (Å²) in [6.07, 6.45) is 4.21. The van der Waals surface area contributed by atoms with Crippen LogP contribution in [0.2, 0.25) is 0 Å². The summed E-state index contributed by atoms with van der Waals surface area (Å²) >= 11 is 0. The summed E-state index contributed by atoms with van der Waals surface area (Å²) in [6, 6.07) is 11.3. The maximum absolute atomic E-state index is 11.9. The number of hydrogen-bond acceptors (Lipinski definition) is 3. The number of nitrogens with zero attached hydrogens (tertiary/aromatic N) is 1. The van der Waals surface area contributed by atoms with Crippen molar-refractivity contribution in [2.24, 2.45) is 0 Å². The second-order valence-electron chi connectivity index (χ2n) is 5.01. The Labute approximate surface area is 128 Å². The number of aliphatic hydroxyl groups excluding tert-OH is 1. The van der Waals surface area contributed by atoms with Crippen molar-refractivity contribution < 1.29 is 9.90 Å². The van der Waals surface area contributed by atoms with Gasteiger partial charge in [0.1, 0.15) is 0 Å². The lowest BCUT2D eigenvalue weighted by Crippen LogP contribution is -2.24. The zero-order valence-corrected chi connectivity index (χ0v) is 12.0. The Bertz CT molecular complexity index is 778. The number of amides is 1. The average molecular weight is 295 g/mol. The Hall–Kier alpha value is -2.66. The van der Waals surface area contributed by atoms with E-state index in [1.54, 1.807) is 18.3 Å². The number of benzene rings is 1. The van der Waals surface area contributed by atoms with Crippen LogP contribution in [0.1, 0.15) is 16.8 Å². The van der Waals surface area contributed by atoms with Crippen LogP contribution in [0.25, 0.3) is 22.2 Å². The molecule has 112 valence electrons. The van der Waals surface area contributed by atoms with Crippen molar-refractivity contribution in [3.63, 3.8) is 0 Å². The van der Waals surface area contributed by atoms with Crippen LogP contribution in [0.4, 0.5) is 0 Å². The molecule has 3 rings (SSSR count). The molecule has 22 heavy (non-hydrogen) atoms. The zero-order chi connectivity index (χ0) is 15.4. The summed E-state index contributed by atoms with van der Waals surface area (Å²) < 4.78 is 0. The van der Waals surface area contributed by atoms with Crippen LogP contribution < -0.4 is 5.32 Å². The molecule has 1 amide bonds. The van der Waals surface area contributed by atoms with Crippen molar-refractivity contribution in [3.8, 4) is 11.3 Å². The Morgan fingerprint density at radius 1 is 1.18 bits per heavy atom. The number of carbonyl (C=O) groups is 1. The highest BCUT2D eigenvalue weighted by Crippen LogP contribution is 2.25. The Balaban J connectivity index is 1.82. The first-order valence-electron chi connectivity index (χ1n) is 7.21. The van der Waals surface area contributed by atoms with E-state index >= 15 is 0 Å². The number of hydrogen-bond donors (Lipinski definition) is 3. The van der Waals surface area contributed by atoms with Crippen LogP contribution >= 0.6 is 0 Å². The predicted molar refractivity (Wildman–Crippen MR) is 85.6 cm³/mol.